The summed E-state index contributed by atoms with van der Waals surface area (Å²) < 4.78 is 0. The first kappa shape index (κ1) is 25.0. The molecule has 0 aliphatic carbocycles. The molecule has 0 radical (unpaired) electrons. The Bertz CT molecular complexity index is 1220. The maximum Gasteiger partial charge on any atom is 0.266 e. The summed E-state index contributed by atoms with van der Waals surface area (Å²) in [5.74, 6) is -1.01. The summed E-state index contributed by atoms with van der Waals surface area (Å²) in [6.07, 6.45) is 0.623. The average Bonchev–Trinajstić information content (AvgIpc) is 2.84. The molecule has 35 heavy (non-hydrogen) atoms. The molecular formula is C24H26N6O5. The van der Waals surface area contributed by atoms with Crippen LogP contribution in [-0.4, -0.2) is 40.5 Å². The lowest BCUT2D eigenvalue weighted by Gasteiger charge is -2.19. The number of phenols is 1. The van der Waals surface area contributed by atoms with Crippen molar-refractivity contribution in [1.29, 1.82) is 0 Å². The molecule has 11 heteroatoms. The fourth-order valence-corrected chi connectivity index (χ4v) is 3.50. The van der Waals surface area contributed by atoms with E-state index in [0.29, 0.717) is 12.0 Å². The minimum atomic E-state index is -0.910. The van der Waals surface area contributed by atoms with Crippen LogP contribution in [0.5, 0.6) is 5.75 Å². The van der Waals surface area contributed by atoms with E-state index in [-0.39, 0.29) is 31.2 Å². The number of guanidine groups is 1. The number of nitrogens with two attached hydrogens (primary N) is 1. The molecule has 0 aliphatic rings. The number of aromatic hydroxyl groups is 1. The number of nitrogens with zero attached hydrogens (tertiary/aromatic N) is 2. The van der Waals surface area contributed by atoms with Crippen molar-refractivity contribution in [1.82, 2.24) is 16.0 Å². The fraction of sp³-hybridized carbons (Fsp3) is 0.208. The van der Waals surface area contributed by atoms with Crippen molar-refractivity contribution < 1.29 is 19.7 Å². The van der Waals surface area contributed by atoms with Crippen LogP contribution in [0.4, 0.5) is 0 Å². The second kappa shape index (κ2) is 12.0. The molecule has 0 unspecified atom stereocenters. The normalized spacial score (nSPS) is 12.1. The maximum atomic E-state index is 13.1. The third-order valence-corrected chi connectivity index (χ3v) is 5.22. The molecular weight excluding hydrogens is 452 g/mol. The van der Waals surface area contributed by atoms with Gasteiger partial charge in [-0.25, -0.2) is 10.1 Å². The van der Waals surface area contributed by atoms with E-state index in [1.807, 2.05) is 30.3 Å². The van der Waals surface area contributed by atoms with Crippen LogP contribution in [0.25, 0.3) is 10.8 Å². The number of nitro groups is 1. The van der Waals surface area contributed by atoms with Crippen LogP contribution in [0.1, 0.15) is 28.8 Å². The minimum Gasteiger partial charge on any atom is -0.508 e. The molecule has 3 rings (SSSR count). The summed E-state index contributed by atoms with van der Waals surface area (Å²) in [5, 5.41) is 31.7. The van der Waals surface area contributed by atoms with E-state index in [2.05, 4.69) is 21.1 Å². The molecule has 2 amide bonds. The van der Waals surface area contributed by atoms with Gasteiger partial charge in [-0.1, -0.05) is 48.5 Å². The first-order valence-electron chi connectivity index (χ1n) is 10.9. The van der Waals surface area contributed by atoms with Gasteiger partial charge in [0.25, 0.3) is 11.9 Å². The van der Waals surface area contributed by atoms with Gasteiger partial charge in [-0.15, -0.1) is 0 Å². The predicted octanol–water partition coefficient (Wildman–Crippen LogP) is 1.84. The first-order chi connectivity index (χ1) is 16.8. The lowest BCUT2D eigenvalue weighted by molar-refractivity contribution is -0.485. The Morgan fingerprint density at radius 2 is 1.74 bits per heavy atom. The van der Waals surface area contributed by atoms with E-state index < -0.39 is 22.9 Å². The number of fused-ring (bicyclic) bond motifs is 1. The summed E-state index contributed by atoms with van der Waals surface area (Å²) in [5.41, 5.74) is 6.64. The molecule has 0 aliphatic heterocycles. The zero-order valence-electron chi connectivity index (χ0n) is 18.8. The number of carbonyl (C=O) groups excluding carboxylic acids is 2. The van der Waals surface area contributed by atoms with Crippen LogP contribution in [-0.2, 0) is 11.3 Å². The summed E-state index contributed by atoms with van der Waals surface area (Å²) in [4.78, 5) is 36.4. The monoisotopic (exact) mass is 478 g/mol. The van der Waals surface area contributed by atoms with Crippen molar-refractivity contribution in [3.63, 3.8) is 0 Å². The van der Waals surface area contributed by atoms with Gasteiger partial charge < -0.3 is 26.8 Å². The van der Waals surface area contributed by atoms with Crippen LogP contribution in [0.2, 0.25) is 0 Å². The van der Waals surface area contributed by atoms with E-state index in [4.69, 9.17) is 5.73 Å². The second-order valence-electron chi connectivity index (χ2n) is 7.73. The molecule has 3 aromatic rings. The molecule has 6 N–H and O–H groups in total. The lowest BCUT2D eigenvalue weighted by atomic mass is 10.0. The minimum absolute atomic E-state index is 0.118. The summed E-state index contributed by atoms with van der Waals surface area (Å²) in [7, 11) is 0. The van der Waals surface area contributed by atoms with Crippen LogP contribution < -0.4 is 21.7 Å². The number of rotatable bonds is 10. The van der Waals surface area contributed by atoms with Crippen LogP contribution >= 0.6 is 0 Å². The SMILES string of the molecule is N/C(=N/[N+](=O)[O-])NCCC[C@@H](NC(=O)c1cccc2ccccc12)C(=O)NCc1ccc(O)cc1. The van der Waals surface area contributed by atoms with Gasteiger partial charge in [0, 0.05) is 18.7 Å². The Labute approximate surface area is 201 Å². The van der Waals surface area contributed by atoms with Gasteiger partial charge in [-0.05, 0) is 47.4 Å². The van der Waals surface area contributed by atoms with E-state index in [0.717, 1.165) is 16.3 Å². The Morgan fingerprint density at radius 1 is 1.03 bits per heavy atom. The summed E-state index contributed by atoms with van der Waals surface area (Å²) >= 11 is 0. The van der Waals surface area contributed by atoms with Crippen molar-refractivity contribution in [3.8, 4) is 5.75 Å². The van der Waals surface area contributed by atoms with E-state index in [9.17, 15) is 24.8 Å². The van der Waals surface area contributed by atoms with Gasteiger partial charge in [0.2, 0.25) is 5.91 Å². The number of hydrogen-bond acceptors (Lipinski definition) is 5. The van der Waals surface area contributed by atoms with Crippen LogP contribution in [0, 0.1) is 10.1 Å². The molecule has 11 nitrogen and oxygen atoms in total. The van der Waals surface area contributed by atoms with Gasteiger partial charge in [0.15, 0.2) is 5.03 Å². The van der Waals surface area contributed by atoms with E-state index >= 15 is 0 Å². The number of carbonyl (C=O) groups is 2. The van der Waals surface area contributed by atoms with Gasteiger partial charge in [-0.3, -0.25) is 9.59 Å². The largest absolute Gasteiger partial charge is 0.508 e. The maximum absolute atomic E-state index is 13.1. The Kier molecular flexibility index (Phi) is 8.54. The Balaban J connectivity index is 1.69. The number of benzene rings is 3. The predicted molar refractivity (Wildman–Crippen MR) is 131 cm³/mol. The molecule has 1 atom stereocenters. The quantitative estimate of drug-likeness (QED) is 0.0972. The van der Waals surface area contributed by atoms with Crippen LogP contribution in [0.3, 0.4) is 0 Å². The smallest absolute Gasteiger partial charge is 0.266 e. The molecule has 0 fully saturated rings. The topological polar surface area (TPSA) is 172 Å². The van der Waals surface area contributed by atoms with Crippen LogP contribution in [0.15, 0.2) is 71.8 Å². The highest BCUT2D eigenvalue weighted by molar-refractivity contribution is 6.08. The third-order valence-electron chi connectivity index (χ3n) is 5.22. The standard InChI is InChI=1S/C24H26N6O5/c25-24(29-30(34)35)26-14-4-9-21(23(33)27-15-16-10-12-18(31)13-11-16)28-22(32)20-8-3-6-17-5-1-2-7-19(17)20/h1-3,5-8,10-13,21,31H,4,9,14-15H2,(H,27,33)(H,28,32)(H3,25,26,29)/t21-/m1/s1. The molecule has 0 aromatic heterocycles. The molecule has 0 saturated carbocycles. The number of amides is 2. The first-order valence-corrected chi connectivity index (χ1v) is 10.9. The Morgan fingerprint density at radius 3 is 2.49 bits per heavy atom. The van der Waals surface area contributed by atoms with E-state index in [1.54, 1.807) is 24.3 Å². The van der Waals surface area contributed by atoms with Gasteiger partial charge >= 0.3 is 0 Å². The number of hydrogen-bond donors (Lipinski definition) is 5. The van der Waals surface area contributed by atoms with Crippen molar-refractivity contribution >= 4 is 28.5 Å². The zero-order chi connectivity index (χ0) is 25.2. The van der Waals surface area contributed by atoms with Crippen molar-refractivity contribution in [2.75, 3.05) is 6.54 Å². The number of hydrazone groups is 1. The second-order valence-corrected chi connectivity index (χ2v) is 7.73. The highest BCUT2D eigenvalue weighted by Gasteiger charge is 2.22. The lowest BCUT2D eigenvalue weighted by Crippen LogP contribution is -2.47. The average molecular weight is 479 g/mol. The summed E-state index contributed by atoms with van der Waals surface area (Å²) in [6.45, 7) is 0.426. The van der Waals surface area contributed by atoms with Crippen molar-refractivity contribution in [2.24, 2.45) is 10.8 Å². The fourth-order valence-electron chi connectivity index (χ4n) is 3.50. The highest BCUT2D eigenvalue weighted by Crippen LogP contribution is 2.18. The molecule has 3 aromatic carbocycles. The third kappa shape index (κ3) is 7.42. The summed E-state index contributed by atoms with van der Waals surface area (Å²) in [6, 6.07) is 18.4. The molecule has 0 heterocycles. The van der Waals surface area contributed by atoms with Gasteiger partial charge in [0.1, 0.15) is 16.9 Å². The molecule has 0 bridgehead atoms. The van der Waals surface area contributed by atoms with Gasteiger partial charge in [-0.2, -0.15) is 0 Å². The highest BCUT2D eigenvalue weighted by atomic mass is 16.7. The molecule has 0 spiro atoms. The zero-order valence-corrected chi connectivity index (χ0v) is 18.8. The Hall–Kier alpha value is -4.67. The molecule has 0 saturated heterocycles. The van der Waals surface area contributed by atoms with Crippen molar-refractivity contribution in [2.45, 2.75) is 25.4 Å². The number of phenolic OH excluding ortho intramolecular Hbond substituents is 1. The number of nitrogens with one attached hydrogen (secondary N) is 3. The van der Waals surface area contributed by atoms with Crippen molar-refractivity contribution in [3.05, 3.63) is 88.0 Å². The van der Waals surface area contributed by atoms with Gasteiger partial charge in [0.05, 0.1) is 0 Å². The molecule has 182 valence electrons. The van der Waals surface area contributed by atoms with E-state index in [1.165, 1.54) is 12.1 Å².